The number of hydrogen-bond acceptors (Lipinski definition) is 2. The molecule has 0 aliphatic rings. The van der Waals surface area contributed by atoms with Gasteiger partial charge < -0.3 is 5.32 Å². The van der Waals surface area contributed by atoms with Crippen molar-refractivity contribution in [1.29, 1.82) is 0 Å². The van der Waals surface area contributed by atoms with E-state index in [4.69, 9.17) is 0 Å². The lowest BCUT2D eigenvalue weighted by Crippen LogP contribution is -2.20. The molecule has 0 aromatic heterocycles. The van der Waals surface area contributed by atoms with Crippen LogP contribution < -0.4 is 5.32 Å². The molecular formula is C16H27NS. The molecule has 0 radical (unpaired) electrons. The lowest BCUT2D eigenvalue weighted by atomic mass is 10.1. The Morgan fingerprint density at radius 1 is 1.11 bits per heavy atom. The summed E-state index contributed by atoms with van der Waals surface area (Å²) in [4.78, 5) is 0. The van der Waals surface area contributed by atoms with Crippen LogP contribution in [-0.4, -0.2) is 18.8 Å². The Bertz CT molecular complexity index is 329. The molecule has 2 heteroatoms. The van der Waals surface area contributed by atoms with Gasteiger partial charge in [-0.1, -0.05) is 35.7 Å². The van der Waals surface area contributed by atoms with E-state index in [1.54, 1.807) is 0 Å². The molecule has 0 saturated heterocycles. The molecule has 0 fully saturated rings. The number of thioether (sulfide) groups is 1. The highest BCUT2D eigenvalue weighted by Crippen LogP contribution is 2.17. The molecule has 1 aromatic carbocycles. The first-order valence-electron chi connectivity index (χ1n) is 6.94. The maximum absolute atomic E-state index is 3.29. The van der Waals surface area contributed by atoms with E-state index in [1.807, 2.05) is 7.05 Å². The normalized spacial score (nSPS) is 12.7. The molecule has 1 nitrogen and oxygen atoms in total. The first-order valence-corrected chi connectivity index (χ1v) is 8.09. The van der Waals surface area contributed by atoms with E-state index >= 15 is 0 Å². The van der Waals surface area contributed by atoms with Crippen molar-refractivity contribution in [2.75, 3.05) is 12.8 Å². The minimum atomic E-state index is 0.662. The van der Waals surface area contributed by atoms with Crippen LogP contribution in [0.15, 0.2) is 18.2 Å². The van der Waals surface area contributed by atoms with Gasteiger partial charge in [0.05, 0.1) is 0 Å². The number of aryl methyl sites for hydroxylation is 2. The number of rotatable bonds is 8. The molecule has 1 unspecified atom stereocenters. The molecule has 1 atom stereocenters. The smallest absolute Gasteiger partial charge is 0.0184 e. The van der Waals surface area contributed by atoms with Gasteiger partial charge in [0.25, 0.3) is 0 Å². The van der Waals surface area contributed by atoms with Gasteiger partial charge in [-0.15, -0.1) is 0 Å². The van der Waals surface area contributed by atoms with Gasteiger partial charge in [0.1, 0.15) is 0 Å². The van der Waals surface area contributed by atoms with Crippen LogP contribution in [0.4, 0.5) is 0 Å². The Balaban J connectivity index is 2.14. The zero-order valence-electron chi connectivity index (χ0n) is 12.3. The van der Waals surface area contributed by atoms with Crippen molar-refractivity contribution in [3.63, 3.8) is 0 Å². The Kier molecular flexibility index (Phi) is 7.45. The number of nitrogens with one attached hydrogen (secondary N) is 1. The molecule has 0 aliphatic heterocycles. The fourth-order valence-corrected chi connectivity index (χ4v) is 3.10. The molecule has 102 valence electrons. The van der Waals surface area contributed by atoms with E-state index < -0.39 is 0 Å². The molecule has 1 rings (SSSR count). The summed E-state index contributed by atoms with van der Waals surface area (Å²) in [5.74, 6) is 2.44. The predicted octanol–water partition coefficient (Wildman–Crippen LogP) is 4.31. The van der Waals surface area contributed by atoms with Gasteiger partial charge in [0, 0.05) is 11.8 Å². The van der Waals surface area contributed by atoms with Crippen molar-refractivity contribution in [2.24, 2.45) is 0 Å². The third-order valence-electron chi connectivity index (χ3n) is 3.22. The summed E-state index contributed by atoms with van der Waals surface area (Å²) in [6.07, 6.45) is 3.96. The summed E-state index contributed by atoms with van der Waals surface area (Å²) in [6, 6.07) is 7.52. The van der Waals surface area contributed by atoms with E-state index in [1.165, 1.54) is 41.7 Å². The van der Waals surface area contributed by atoms with Crippen LogP contribution in [0.5, 0.6) is 0 Å². The average Bonchev–Trinajstić information content (AvgIpc) is 2.32. The van der Waals surface area contributed by atoms with Crippen LogP contribution in [0, 0.1) is 13.8 Å². The third kappa shape index (κ3) is 6.46. The van der Waals surface area contributed by atoms with Gasteiger partial charge in [0.15, 0.2) is 0 Å². The molecule has 0 amide bonds. The van der Waals surface area contributed by atoms with Crippen LogP contribution >= 0.6 is 11.8 Å². The summed E-state index contributed by atoms with van der Waals surface area (Å²) < 4.78 is 0. The molecule has 1 aromatic rings. The first kappa shape index (κ1) is 15.6. The largest absolute Gasteiger partial charge is 0.317 e. The summed E-state index contributed by atoms with van der Waals surface area (Å²) in [6.45, 7) is 6.61. The minimum Gasteiger partial charge on any atom is -0.317 e. The highest BCUT2D eigenvalue weighted by molar-refractivity contribution is 7.98. The Morgan fingerprint density at radius 2 is 1.78 bits per heavy atom. The molecule has 0 heterocycles. The first-order chi connectivity index (χ1) is 8.61. The van der Waals surface area contributed by atoms with Crippen molar-refractivity contribution in [3.05, 3.63) is 34.9 Å². The summed E-state index contributed by atoms with van der Waals surface area (Å²) >= 11 is 2.06. The zero-order valence-corrected chi connectivity index (χ0v) is 13.1. The topological polar surface area (TPSA) is 12.0 Å². The minimum absolute atomic E-state index is 0.662. The zero-order chi connectivity index (χ0) is 13.4. The second-order valence-electron chi connectivity index (χ2n) is 5.23. The van der Waals surface area contributed by atoms with Crippen molar-refractivity contribution in [2.45, 2.75) is 51.8 Å². The van der Waals surface area contributed by atoms with Crippen LogP contribution in [0.3, 0.4) is 0 Å². The lowest BCUT2D eigenvalue weighted by molar-refractivity contribution is 0.539. The monoisotopic (exact) mass is 265 g/mol. The van der Waals surface area contributed by atoms with Gasteiger partial charge in [-0.25, -0.2) is 0 Å². The second-order valence-corrected chi connectivity index (χ2v) is 6.34. The van der Waals surface area contributed by atoms with E-state index in [2.05, 4.69) is 56.0 Å². The Labute approximate surface area is 117 Å². The molecule has 0 aliphatic carbocycles. The fourth-order valence-electron chi connectivity index (χ4n) is 2.14. The van der Waals surface area contributed by atoms with Gasteiger partial charge in [-0.3, -0.25) is 0 Å². The van der Waals surface area contributed by atoms with Gasteiger partial charge in [-0.2, -0.15) is 11.8 Å². The highest BCUT2D eigenvalue weighted by atomic mass is 32.2. The maximum Gasteiger partial charge on any atom is 0.0184 e. The SMILES string of the molecule is CNC(C)CCCCSCc1cc(C)cc(C)c1. The van der Waals surface area contributed by atoms with Crippen molar-refractivity contribution in [1.82, 2.24) is 5.32 Å². The summed E-state index contributed by atoms with van der Waals surface area (Å²) in [7, 11) is 2.04. The standard InChI is InChI=1S/C16H27NS/c1-13-9-14(2)11-16(10-13)12-18-8-6-5-7-15(3)17-4/h9-11,15,17H,5-8,12H2,1-4H3. The molecule has 0 bridgehead atoms. The van der Waals surface area contributed by atoms with Gasteiger partial charge in [-0.05, 0) is 52.0 Å². The predicted molar refractivity (Wildman–Crippen MR) is 84.5 cm³/mol. The van der Waals surface area contributed by atoms with Crippen molar-refractivity contribution in [3.8, 4) is 0 Å². The van der Waals surface area contributed by atoms with Crippen LogP contribution in [-0.2, 0) is 5.75 Å². The van der Waals surface area contributed by atoms with Gasteiger partial charge in [0.2, 0.25) is 0 Å². The molecular weight excluding hydrogens is 238 g/mol. The highest BCUT2D eigenvalue weighted by Gasteiger charge is 1.99. The van der Waals surface area contributed by atoms with Crippen LogP contribution in [0.25, 0.3) is 0 Å². The average molecular weight is 265 g/mol. The molecule has 0 spiro atoms. The van der Waals surface area contributed by atoms with E-state index in [0.29, 0.717) is 6.04 Å². The summed E-state index contributed by atoms with van der Waals surface area (Å²) in [5.41, 5.74) is 4.24. The summed E-state index contributed by atoms with van der Waals surface area (Å²) in [5, 5.41) is 3.29. The quantitative estimate of drug-likeness (QED) is 0.703. The van der Waals surface area contributed by atoms with Crippen LogP contribution in [0.1, 0.15) is 42.9 Å². The maximum atomic E-state index is 3.29. The van der Waals surface area contributed by atoms with E-state index in [0.717, 1.165) is 5.75 Å². The van der Waals surface area contributed by atoms with Gasteiger partial charge >= 0.3 is 0 Å². The van der Waals surface area contributed by atoms with Crippen LogP contribution in [0.2, 0.25) is 0 Å². The van der Waals surface area contributed by atoms with Crippen molar-refractivity contribution < 1.29 is 0 Å². The van der Waals surface area contributed by atoms with E-state index in [-0.39, 0.29) is 0 Å². The molecule has 0 saturated carbocycles. The van der Waals surface area contributed by atoms with E-state index in [9.17, 15) is 0 Å². The number of unbranched alkanes of at least 4 members (excludes halogenated alkanes) is 1. The second kappa shape index (κ2) is 8.60. The van der Waals surface area contributed by atoms with Crippen molar-refractivity contribution >= 4 is 11.8 Å². The Hall–Kier alpha value is -0.470. The lowest BCUT2D eigenvalue weighted by Gasteiger charge is -2.09. The number of benzene rings is 1. The molecule has 1 N–H and O–H groups in total. The fraction of sp³-hybridized carbons (Fsp3) is 0.625. The number of hydrogen-bond donors (Lipinski definition) is 1. The molecule has 18 heavy (non-hydrogen) atoms. The Morgan fingerprint density at radius 3 is 2.39 bits per heavy atom. The third-order valence-corrected chi connectivity index (χ3v) is 4.33.